The number of rotatable bonds is 3. The third-order valence-electron chi connectivity index (χ3n) is 2.59. The number of fused-ring (bicyclic) bond motifs is 1. The van der Waals surface area contributed by atoms with E-state index in [1.807, 2.05) is 11.5 Å². The molecule has 0 aliphatic heterocycles. The number of hydroxylamine groups is 1. The molecule has 0 aliphatic carbocycles. The topological polar surface area (TPSA) is 38.3 Å². The lowest BCUT2D eigenvalue weighted by atomic mass is 10.0. The molecule has 0 unspecified atom stereocenters. The molecule has 2 aromatic carbocycles. The average Bonchev–Trinajstić information content (AvgIpc) is 2.38. The van der Waals surface area contributed by atoms with Gasteiger partial charge in [0, 0.05) is 5.02 Å². The van der Waals surface area contributed by atoms with Crippen LogP contribution >= 0.6 is 11.6 Å². The van der Waals surface area contributed by atoms with Gasteiger partial charge in [-0.2, -0.15) is 13.2 Å². The zero-order chi connectivity index (χ0) is 14.8. The first-order valence-electron chi connectivity index (χ1n) is 5.56. The molecule has 0 saturated heterocycles. The van der Waals surface area contributed by atoms with E-state index in [1.54, 1.807) is 30.3 Å². The third-order valence-corrected chi connectivity index (χ3v) is 2.83. The molecule has 0 heterocycles. The molecule has 0 radical (unpaired) electrons. The van der Waals surface area contributed by atoms with Crippen molar-refractivity contribution in [3.63, 3.8) is 0 Å². The van der Waals surface area contributed by atoms with Crippen molar-refractivity contribution in [1.82, 2.24) is 5.48 Å². The summed E-state index contributed by atoms with van der Waals surface area (Å²) in [5, 5.41) is 2.17. The quantitative estimate of drug-likeness (QED) is 0.880. The minimum Gasteiger partial charge on any atom is -0.363 e. The maximum atomic E-state index is 11.9. The highest BCUT2D eigenvalue weighted by molar-refractivity contribution is 6.31. The number of halogens is 4. The predicted molar refractivity (Wildman–Crippen MR) is 67.9 cm³/mol. The third kappa shape index (κ3) is 3.40. The Bertz CT molecular complexity index is 643. The van der Waals surface area contributed by atoms with Crippen molar-refractivity contribution in [2.45, 2.75) is 12.7 Å². The molecule has 106 valence electrons. The molecule has 0 bridgehead atoms. The Balaban J connectivity index is 2.11. The lowest BCUT2D eigenvalue weighted by molar-refractivity contribution is -0.207. The van der Waals surface area contributed by atoms with Gasteiger partial charge in [-0.3, -0.25) is 0 Å². The Kier molecular flexibility index (Phi) is 4.15. The first kappa shape index (κ1) is 14.6. The number of benzene rings is 2. The Labute approximate surface area is 117 Å². The first-order valence-corrected chi connectivity index (χ1v) is 5.94. The zero-order valence-electron chi connectivity index (χ0n) is 10.00. The summed E-state index contributed by atoms with van der Waals surface area (Å²) >= 11 is 5.88. The Morgan fingerprint density at radius 1 is 1.25 bits per heavy atom. The van der Waals surface area contributed by atoms with Crippen LogP contribution in [0.3, 0.4) is 0 Å². The number of carbonyl (C=O) groups excluding carboxylic acids is 1. The van der Waals surface area contributed by atoms with E-state index in [4.69, 9.17) is 11.6 Å². The summed E-state index contributed by atoms with van der Waals surface area (Å²) in [5.41, 5.74) is 2.67. The predicted octanol–water partition coefficient (Wildman–Crippen LogP) is 3.60. The molecule has 0 aliphatic rings. The number of nitrogens with one attached hydrogen (secondary N) is 1. The van der Waals surface area contributed by atoms with Crippen molar-refractivity contribution in [1.29, 1.82) is 0 Å². The Morgan fingerprint density at radius 2 is 2.00 bits per heavy atom. The lowest BCUT2D eigenvalue weighted by Gasteiger charge is -2.10. The van der Waals surface area contributed by atoms with Gasteiger partial charge in [0.15, 0.2) is 0 Å². The van der Waals surface area contributed by atoms with Gasteiger partial charge in [-0.25, -0.2) is 4.79 Å². The van der Waals surface area contributed by atoms with Crippen molar-refractivity contribution >= 4 is 28.3 Å². The van der Waals surface area contributed by atoms with Crippen LogP contribution in [0, 0.1) is 0 Å². The highest BCUT2D eigenvalue weighted by atomic mass is 35.5. The van der Waals surface area contributed by atoms with Crippen molar-refractivity contribution in [3.8, 4) is 0 Å². The van der Waals surface area contributed by atoms with Gasteiger partial charge >= 0.3 is 12.1 Å². The summed E-state index contributed by atoms with van der Waals surface area (Å²) in [5.74, 6) is -2.28. The number of hydrogen-bond acceptors (Lipinski definition) is 3. The number of carbonyl (C=O) groups is 1. The molecule has 2 aromatic rings. The van der Waals surface area contributed by atoms with E-state index >= 15 is 0 Å². The summed E-state index contributed by atoms with van der Waals surface area (Å²) in [6.45, 7) is -0.0560. The van der Waals surface area contributed by atoms with Crippen LogP contribution in [-0.2, 0) is 16.2 Å². The SMILES string of the molecule is O=C(ONCc1cccc2ccc(Cl)cc12)C(F)(F)F. The molecule has 0 aromatic heterocycles. The molecule has 0 saturated carbocycles. The van der Waals surface area contributed by atoms with Crippen molar-refractivity contribution < 1.29 is 22.8 Å². The molecular weight excluding hydrogens is 295 g/mol. The molecule has 1 N–H and O–H groups in total. The minimum atomic E-state index is -5.02. The summed E-state index contributed by atoms with van der Waals surface area (Å²) in [6, 6.07) is 10.5. The molecule has 0 amide bonds. The highest BCUT2D eigenvalue weighted by Crippen LogP contribution is 2.23. The Hall–Kier alpha value is -1.79. The van der Waals surface area contributed by atoms with Crippen molar-refractivity contribution in [3.05, 3.63) is 47.0 Å². The average molecular weight is 304 g/mol. The second-order valence-corrected chi connectivity index (χ2v) is 4.43. The normalized spacial score (nSPS) is 11.6. The van der Waals surface area contributed by atoms with Crippen LogP contribution in [0.25, 0.3) is 10.8 Å². The van der Waals surface area contributed by atoms with Crippen LogP contribution in [0.2, 0.25) is 5.02 Å². The van der Waals surface area contributed by atoms with Crippen LogP contribution in [0.5, 0.6) is 0 Å². The van der Waals surface area contributed by atoms with Crippen LogP contribution in [0.4, 0.5) is 13.2 Å². The molecule has 2 rings (SSSR count). The fourth-order valence-corrected chi connectivity index (χ4v) is 1.87. The summed E-state index contributed by atoms with van der Waals surface area (Å²) in [4.78, 5) is 14.5. The minimum absolute atomic E-state index is 0.0560. The van der Waals surface area contributed by atoms with Crippen LogP contribution in [0.15, 0.2) is 36.4 Å². The van der Waals surface area contributed by atoms with Crippen molar-refractivity contribution in [2.75, 3.05) is 0 Å². The van der Waals surface area contributed by atoms with E-state index in [1.165, 1.54) is 0 Å². The summed E-state index contributed by atoms with van der Waals surface area (Å²) in [7, 11) is 0. The van der Waals surface area contributed by atoms with Gasteiger partial charge in [0.25, 0.3) is 0 Å². The van der Waals surface area contributed by atoms with E-state index in [0.29, 0.717) is 10.6 Å². The lowest BCUT2D eigenvalue weighted by Crippen LogP contribution is -2.31. The molecule has 20 heavy (non-hydrogen) atoms. The van der Waals surface area contributed by atoms with E-state index in [9.17, 15) is 18.0 Å². The van der Waals surface area contributed by atoms with Gasteiger partial charge in [-0.1, -0.05) is 35.9 Å². The van der Waals surface area contributed by atoms with Gasteiger partial charge in [-0.05, 0) is 28.5 Å². The molecular formula is C13H9ClF3NO2. The smallest absolute Gasteiger partial charge is 0.363 e. The first-order chi connectivity index (χ1) is 9.38. The largest absolute Gasteiger partial charge is 0.492 e. The van der Waals surface area contributed by atoms with Gasteiger partial charge < -0.3 is 4.84 Å². The van der Waals surface area contributed by atoms with Crippen LogP contribution in [0.1, 0.15) is 5.56 Å². The standard InChI is InChI=1S/C13H9ClF3NO2/c14-10-5-4-8-2-1-3-9(11(8)6-10)7-18-20-12(19)13(15,16)17/h1-6,18H,7H2. The second kappa shape index (κ2) is 5.68. The van der Waals surface area contributed by atoms with Crippen molar-refractivity contribution in [2.24, 2.45) is 0 Å². The molecule has 0 atom stereocenters. The second-order valence-electron chi connectivity index (χ2n) is 3.99. The monoisotopic (exact) mass is 303 g/mol. The Morgan fingerprint density at radius 3 is 2.70 bits per heavy atom. The number of hydrogen-bond donors (Lipinski definition) is 1. The fourth-order valence-electron chi connectivity index (χ4n) is 1.70. The summed E-state index contributed by atoms with van der Waals surface area (Å²) < 4.78 is 35.8. The van der Waals surface area contributed by atoms with Gasteiger partial charge in [0.05, 0.1) is 6.54 Å². The number of alkyl halides is 3. The van der Waals surface area contributed by atoms with E-state index in [2.05, 4.69) is 4.84 Å². The van der Waals surface area contributed by atoms with E-state index in [0.717, 1.165) is 10.8 Å². The van der Waals surface area contributed by atoms with Gasteiger partial charge in [0.2, 0.25) is 0 Å². The van der Waals surface area contributed by atoms with Crippen LogP contribution < -0.4 is 5.48 Å². The molecule has 3 nitrogen and oxygen atoms in total. The maximum Gasteiger partial charge on any atom is 0.492 e. The highest BCUT2D eigenvalue weighted by Gasteiger charge is 2.41. The van der Waals surface area contributed by atoms with E-state index in [-0.39, 0.29) is 6.54 Å². The maximum absolute atomic E-state index is 11.9. The fraction of sp³-hybridized carbons (Fsp3) is 0.154. The van der Waals surface area contributed by atoms with Crippen LogP contribution in [-0.4, -0.2) is 12.1 Å². The zero-order valence-corrected chi connectivity index (χ0v) is 10.8. The van der Waals surface area contributed by atoms with E-state index < -0.39 is 12.1 Å². The summed E-state index contributed by atoms with van der Waals surface area (Å²) in [6.07, 6.45) is -5.02. The van der Waals surface area contributed by atoms with Gasteiger partial charge in [0.1, 0.15) is 0 Å². The molecule has 7 heteroatoms. The molecule has 0 fully saturated rings. The van der Waals surface area contributed by atoms with Gasteiger partial charge in [-0.15, -0.1) is 5.48 Å². The molecule has 0 spiro atoms.